The van der Waals surface area contributed by atoms with E-state index >= 15 is 0 Å². The Morgan fingerprint density at radius 3 is 2.39 bits per heavy atom. The lowest BCUT2D eigenvalue weighted by Crippen LogP contribution is -2.21. The molecular weight excluding hydrogens is 371 g/mol. The van der Waals surface area contributed by atoms with Gasteiger partial charge in [0.2, 0.25) is 0 Å². The lowest BCUT2D eigenvalue weighted by atomic mass is 9.98. The summed E-state index contributed by atoms with van der Waals surface area (Å²) in [6.45, 7) is 0. The van der Waals surface area contributed by atoms with E-state index in [0.29, 0.717) is 5.82 Å². The molecule has 0 aliphatic heterocycles. The van der Waals surface area contributed by atoms with E-state index in [0.717, 1.165) is 32.8 Å². The second-order valence-corrected chi connectivity index (χ2v) is 5.81. The van der Waals surface area contributed by atoms with Gasteiger partial charge in [0.25, 0.3) is 0 Å². The lowest BCUT2D eigenvalue weighted by molar-refractivity contribution is -0.192. The number of aliphatic carboxylic acids is 1. The maximum Gasteiger partial charge on any atom is 0.490 e. The number of carboxylic acids is 1. The van der Waals surface area contributed by atoms with Gasteiger partial charge in [0.15, 0.2) is 0 Å². The maximum atomic E-state index is 10.6. The van der Waals surface area contributed by atoms with Crippen molar-refractivity contribution in [3.05, 3.63) is 67.0 Å². The number of carbonyl (C=O) groups is 1. The largest absolute Gasteiger partial charge is 0.490 e. The fourth-order valence-electron chi connectivity index (χ4n) is 2.71. The summed E-state index contributed by atoms with van der Waals surface area (Å²) in [5.41, 5.74) is 9.27. The van der Waals surface area contributed by atoms with Crippen LogP contribution in [0, 0.1) is 0 Å². The molecule has 0 saturated carbocycles. The zero-order chi connectivity index (χ0) is 20.3. The fourth-order valence-corrected chi connectivity index (χ4v) is 2.71. The van der Waals surface area contributed by atoms with Crippen LogP contribution >= 0.6 is 0 Å². The number of fused-ring (bicyclic) bond motifs is 2. The first-order valence-electron chi connectivity index (χ1n) is 8.06. The molecule has 0 saturated heterocycles. The van der Waals surface area contributed by atoms with E-state index in [1.54, 1.807) is 6.20 Å². The number of carboxylic acid groups (broad SMARTS) is 1. The van der Waals surface area contributed by atoms with Gasteiger partial charge in [-0.05, 0) is 40.8 Å². The number of anilines is 1. The fraction of sp³-hybridized carbons (Fsp3) is 0.0500. The van der Waals surface area contributed by atoms with E-state index in [1.807, 2.05) is 30.5 Å². The van der Waals surface area contributed by atoms with Gasteiger partial charge in [-0.2, -0.15) is 13.2 Å². The Morgan fingerprint density at radius 2 is 1.68 bits per heavy atom. The number of nitrogen functional groups attached to an aromatic ring is 1. The molecule has 2 heterocycles. The summed E-state index contributed by atoms with van der Waals surface area (Å²) < 4.78 is 31.7. The second-order valence-electron chi connectivity index (χ2n) is 5.81. The molecule has 0 unspecified atom stereocenters. The van der Waals surface area contributed by atoms with Crippen molar-refractivity contribution in [3.63, 3.8) is 0 Å². The normalized spacial score (nSPS) is 11.1. The van der Waals surface area contributed by atoms with Crippen molar-refractivity contribution in [1.82, 2.24) is 9.97 Å². The van der Waals surface area contributed by atoms with Gasteiger partial charge in [-0.1, -0.05) is 30.3 Å². The van der Waals surface area contributed by atoms with Crippen LogP contribution in [0.1, 0.15) is 0 Å². The first-order valence-corrected chi connectivity index (χ1v) is 8.06. The van der Waals surface area contributed by atoms with E-state index in [4.69, 9.17) is 15.6 Å². The summed E-state index contributed by atoms with van der Waals surface area (Å²) in [7, 11) is 0. The highest BCUT2D eigenvalue weighted by Crippen LogP contribution is 2.31. The number of benzene rings is 2. The number of nitrogens with zero attached hydrogens (tertiary/aromatic N) is 2. The Morgan fingerprint density at radius 1 is 0.929 bits per heavy atom. The van der Waals surface area contributed by atoms with Crippen molar-refractivity contribution < 1.29 is 23.1 Å². The van der Waals surface area contributed by atoms with Crippen LogP contribution in [-0.2, 0) is 4.79 Å². The number of aromatic nitrogens is 2. The molecule has 3 N–H and O–H groups in total. The van der Waals surface area contributed by atoms with Gasteiger partial charge in [-0.3, -0.25) is 4.98 Å². The minimum absolute atomic E-state index is 0.563. The molecule has 0 radical (unpaired) electrons. The highest BCUT2D eigenvalue weighted by Gasteiger charge is 2.38. The number of halogens is 3. The topological polar surface area (TPSA) is 89.1 Å². The van der Waals surface area contributed by atoms with E-state index in [9.17, 15) is 13.2 Å². The summed E-state index contributed by atoms with van der Waals surface area (Å²) in [6, 6.07) is 18.5. The predicted molar refractivity (Wildman–Crippen MR) is 101 cm³/mol. The maximum absolute atomic E-state index is 10.6. The van der Waals surface area contributed by atoms with E-state index in [2.05, 4.69) is 40.3 Å². The minimum Gasteiger partial charge on any atom is -0.475 e. The third-order valence-corrected chi connectivity index (χ3v) is 4.00. The molecule has 4 aromatic rings. The molecule has 8 heteroatoms. The molecule has 0 aliphatic rings. The Balaban J connectivity index is 0.000000279. The Kier molecular flexibility index (Phi) is 5.12. The standard InChI is InChI=1S/C18H13N3.C2HF3O2/c19-18-16-11-13(7-6-12(16)8-10-21-18)14-3-1-5-17-15(14)4-2-9-20-17;3-2(4,5)1(6)7/h1-11H,(H2,19,21);(H,6,7). The van der Waals surface area contributed by atoms with Crippen molar-refractivity contribution in [1.29, 1.82) is 0 Å². The van der Waals surface area contributed by atoms with Crippen LogP contribution in [0.2, 0.25) is 0 Å². The number of pyridine rings is 2. The number of nitrogens with two attached hydrogens (primary N) is 1. The molecule has 4 rings (SSSR count). The minimum atomic E-state index is -5.08. The molecule has 2 aromatic heterocycles. The molecule has 5 nitrogen and oxygen atoms in total. The Bertz CT molecular complexity index is 1150. The van der Waals surface area contributed by atoms with Gasteiger partial charge in [-0.25, -0.2) is 9.78 Å². The molecule has 2 aromatic carbocycles. The zero-order valence-electron chi connectivity index (χ0n) is 14.3. The van der Waals surface area contributed by atoms with E-state index in [1.165, 1.54) is 0 Å². The van der Waals surface area contributed by atoms with Crippen LogP contribution in [0.5, 0.6) is 0 Å². The van der Waals surface area contributed by atoms with Crippen LogP contribution in [-0.4, -0.2) is 27.2 Å². The molecule has 0 bridgehead atoms. The first kappa shape index (κ1) is 19.1. The van der Waals surface area contributed by atoms with Gasteiger partial charge in [0, 0.05) is 23.2 Å². The van der Waals surface area contributed by atoms with Crippen molar-refractivity contribution in [3.8, 4) is 11.1 Å². The average molecular weight is 385 g/mol. The molecule has 0 amide bonds. The van der Waals surface area contributed by atoms with Crippen LogP contribution in [0.4, 0.5) is 19.0 Å². The zero-order valence-corrected chi connectivity index (χ0v) is 14.3. The second kappa shape index (κ2) is 7.51. The van der Waals surface area contributed by atoms with Crippen LogP contribution < -0.4 is 5.73 Å². The first-order chi connectivity index (χ1) is 13.3. The average Bonchev–Trinajstić information content (AvgIpc) is 2.67. The summed E-state index contributed by atoms with van der Waals surface area (Å²) in [6.07, 6.45) is -1.53. The number of hydrogen-bond donors (Lipinski definition) is 2. The summed E-state index contributed by atoms with van der Waals surface area (Å²) in [4.78, 5) is 17.5. The molecule has 0 fully saturated rings. The van der Waals surface area contributed by atoms with Crippen molar-refractivity contribution in [2.24, 2.45) is 0 Å². The summed E-state index contributed by atoms with van der Waals surface area (Å²) in [5.74, 6) is -2.19. The van der Waals surface area contributed by atoms with Crippen LogP contribution in [0.3, 0.4) is 0 Å². The van der Waals surface area contributed by atoms with Gasteiger partial charge < -0.3 is 10.8 Å². The molecule has 0 spiro atoms. The van der Waals surface area contributed by atoms with Gasteiger partial charge in [0.1, 0.15) is 5.82 Å². The van der Waals surface area contributed by atoms with E-state index < -0.39 is 12.1 Å². The molecule has 0 atom stereocenters. The highest BCUT2D eigenvalue weighted by atomic mass is 19.4. The summed E-state index contributed by atoms with van der Waals surface area (Å²) in [5, 5.41) is 10.3. The van der Waals surface area contributed by atoms with Crippen LogP contribution in [0.25, 0.3) is 32.8 Å². The Labute approximate surface area is 157 Å². The quantitative estimate of drug-likeness (QED) is 0.497. The monoisotopic (exact) mass is 385 g/mol. The molecular formula is C20H14F3N3O2. The molecule has 0 aliphatic carbocycles. The SMILES string of the molecule is Nc1nccc2ccc(-c3cccc4ncccc34)cc12.O=C(O)C(F)(F)F. The van der Waals surface area contributed by atoms with Crippen molar-refractivity contribution in [2.45, 2.75) is 6.18 Å². The van der Waals surface area contributed by atoms with Gasteiger partial charge in [-0.15, -0.1) is 0 Å². The predicted octanol–water partition coefficient (Wildman–Crippen LogP) is 4.67. The van der Waals surface area contributed by atoms with Crippen molar-refractivity contribution >= 4 is 33.5 Å². The lowest BCUT2D eigenvalue weighted by Gasteiger charge is -2.08. The van der Waals surface area contributed by atoms with Gasteiger partial charge in [0.05, 0.1) is 5.52 Å². The third-order valence-electron chi connectivity index (χ3n) is 4.00. The Hall–Kier alpha value is -3.68. The van der Waals surface area contributed by atoms with Crippen LogP contribution in [0.15, 0.2) is 67.0 Å². The number of rotatable bonds is 1. The van der Waals surface area contributed by atoms with E-state index in [-0.39, 0.29) is 0 Å². The third kappa shape index (κ3) is 4.01. The van der Waals surface area contributed by atoms with Crippen molar-refractivity contribution in [2.75, 3.05) is 5.73 Å². The molecule has 28 heavy (non-hydrogen) atoms. The molecule has 142 valence electrons. The summed E-state index contributed by atoms with van der Waals surface area (Å²) >= 11 is 0. The van der Waals surface area contributed by atoms with Gasteiger partial charge >= 0.3 is 12.1 Å². The number of alkyl halides is 3. The highest BCUT2D eigenvalue weighted by molar-refractivity contribution is 5.99. The smallest absolute Gasteiger partial charge is 0.475 e. The number of hydrogen-bond acceptors (Lipinski definition) is 4.